The van der Waals surface area contributed by atoms with E-state index in [1.54, 1.807) is 16.4 Å². The second-order valence-electron chi connectivity index (χ2n) is 6.88. The molecule has 0 bridgehead atoms. The highest BCUT2D eigenvalue weighted by Crippen LogP contribution is 2.33. The molecule has 5 nitrogen and oxygen atoms in total. The fourth-order valence-corrected chi connectivity index (χ4v) is 3.27. The topological polar surface area (TPSA) is 55.6 Å². The maximum absolute atomic E-state index is 4.22. The molecule has 6 heteroatoms. The van der Waals surface area contributed by atoms with Crippen LogP contribution in [0.15, 0.2) is 71.9 Å². The van der Waals surface area contributed by atoms with E-state index in [2.05, 4.69) is 59.8 Å². The standard InChI is InChI=1S/C20H23N5S/c1-20(2,3)21-15-14-18(16-10-6-4-7-11-16)26-19-22-23-24-25(19)17-12-8-5-9-13-17/h4-14,21H,15H2,1-3H3. The molecule has 1 N–H and O–H groups in total. The number of rotatable bonds is 6. The van der Waals surface area contributed by atoms with Gasteiger partial charge in [0.2, 0.25) is 5.16 Å². The summed E-state index contributed by atoms with van der Waals surface area (Å²) in [6.45, 7) is 7.25. The first-order valence-corrected chi connectivity index (χ1v) is 9.37. The van der Waals surface area contributed by atoms with Crippen LogP contribution in [0.5, 0.6) is 0 Å². The van der Waals surface area contributed by atoms with E-state index in [9.17, 15) is 0 Å². The van der Waals surface area contributed by atoms with Gasteiger partial charge in [-0.1, -0.05) is 54.6 Å². The smallest absolute Gasteiger partial charge is 0.218 e. The maximum Gasteiger partial charge on any atom is 0.218 e. The Morgan fingerprint density at radius 3 is 2.35 bits per heavy atom. The summed E-state index contributed by atoms with van der Waals surface area (Å²) in [6.07, 6.45) is 2.19. The Morgan fingerprint density at radius 1 is 1.04 bits per heavy atom. The second kappa shape index (κ2) is 8.29. The van der Waals surface area contributed by atoms with Gasteiger partial charge in [0.25, 0.3) is 0 Å². The van der Waals surface area contributed by atoms with Gasteiger partial charge in [-0.25, -0.2) is 0 Å². The fraction of sp³-hybridized carbons (Fsp3) is 0.250. The highest BCUT2D eigenvalue weighted by Gasteiger charge is 2.13. The summed E-state index contributed by atoms with van der Waals surface area (Å²) >= 11 is 1.57. The normalized spacial score (nSPS) is 12.3. The van der Waals surface area contributed by atoms with Gasteiger partial charge in [-0.2, -0.15) is 4.68 Å². The molecule has 0 aliphatic rings. The molecule has 2 aromatic carbocycles. The quantitative estimate of drug-likeness (QED) is 0.664. The summed E-state index contributed by atoms with van der Waals surface area (Å²) in [5.41, 5.74) is 2.16. The van der Waals surface area contributed by atoms with Gasteiger partial charge in [0, 0.05) is 17.0 Å². The summed E-state index contributed by atoms with van der Waals surface area (Å²) in [6, 6.07) is 20.2. The number of nitrogens with zero attached hydrogens (tertiary/aromatic N) is 4. The van der Waals surface area contributed by atoms with Gasteiger partial charge in [-0.05, 0) is 60.7 Å². The second-order valence-corrected chi connectivity index (χ2v) is 7.89. The molecular weight excluding hydrogens is 342 g/mol. The number of aromatic nitrogens is 4. The van der Waals surface area contributed by atoms with Crippen molar-refractivity contribution in [2.45, 2.75) is 31.5 Å². The molecule has 0 amide bonds. The molecule has 3 aromatic rings. The van der Waals surface area contributed by atoms with Crippen LogP contribution in [0.1, 0.15) is 26.3 Å². The van der Waals surface area contributed by atoms with Crippen LogP contribution in [0.4, 0.5) is 0 Å². The molecule has 0 saturated heterocycles. The van der Waals surface area contributed by atoms with E-state index in [1.165, 1.54) is 0 Å². The maximum atomic E-state index is 4.22. The summed E-state index contributed by atoms with van der Waals surface area (Å²) < 4.78 is 1.76. The first-order chi connectivity index (χ1) is 12.5. The Bertz CT molecular complexity index is 851. The van der Waals surface area contributed by atoms with Crippen molar-refractivity contribution in [3.8, 4) is 5.69 Å². The van der Waals surface area contributed by atoms with E-state index in [0.29, 0.717) is 0 Å². The summed E-state index contributed by atoms with van der Waals surface area (Å²) in [4.78, 5) is 1.12. The number of hydrogen-bond acceptors (Lipinski definition) is 5. The molecule has 0 aliphatic heterocycles. The number of hydrogen-bond donors (Lipinski definition) is 1. The van der Waals surface area contributed by atoms with Gasteiger partial charge < -0.3 is 5.32 Å². The number of thioether (sulfide) groups is 1. The summed E-state index contributed by atoms with van der Waals surface area (Å²) in [7, 11) is 0. The molecule has 0 fully saturated rings. The van der Waals surface area contributed by atoms with Crippen LogP contribution >= 0.6 is 11.8 Å². The fourth-order valence-electron chi connectivity index (χ4n) is 2.34. The molecule has 134 valence electrons. The summed E-state index contributed by atoms with van der Waals surface area (Å²) in [5.74, 6) is 0. The average Bonchev–Trinajstić information content (AvgIpc) is 3.09. The Labute approximate surface area is 158 Å². The van der Waals surface area contributed by atoms with Gasteiger partial charge in [0.15, 0.2) is 0 Å². The van der Waals surface area contributed by atoms with Crippen molar-refractivity contribution in [3.05, 3.63) is 72.3 Å². The first kappa shape index (κ1) is 18.4. The Morgan fingerprint density at radius 2 is 1.69 bits per heavy atom. The van der Waals surface area contributed by atoms with Crippen LogP contribution in [0.2, 0.25) is 0 Å². The Balaban J connectivity index is 1.87. The van der Waals surface area contributed by atoms with Crippen molar-refractivity contribution in [1.82, 2.24) is 25.5 Å². The van der Waals surface area contributed by atoms with Crippen molar-refractivity contribution in [3.63, 3.8) is 0 Å². The minimum Gasteiger partial charge on any atom is -0.309 e. The predicted octanol–water partition coefficient (Wildman–Crippen LogP) is 4.18. The number of benzene rings is 2. The highest BCUT2D eigenvalue weighted by molar-refractivity contribution is 8.08. The van der Waals surface area contributed by atoms with Crippen molar-refractivity contribution < 1.29 is 0 Å². The van der Waals surface area contributed by atoms with Gasteiger partial charge >= 0.3 is 0 Å². The van der Waals surface area contributed by atoms with E-state index < -0.39 is 0 Å². The zero-order valence-electron chi connectivity index (χ0n) is 15.3. The third-order valence-corrected chi connectivity index (χ3v) is 4.68. The van der Waals surface area contributed by atoms with E-state index in [1.807, 2.05) is 48.5 Å². The van der Waals surface area contributed by atoms with Crippen LogP contribution < -0.4 is 5.32 Å². The minimum atomic E-state index is 0.0641. The molecule has 0 radical (unpaired) electrons. The Hall–Kier alpha value is -2.44. The molecule has 0 spiro atoms. The lowest BCUT2D eigenvalue weighted by atomic mass is 10.1. The van der Waals surface area contributed by atoms with E-state index in [0.717, 1.165) is 27.9 Å². The van der Waals surface area contributed by atoms with E-state index in [-0.39, 0.29) is 5.54 Å². The largest absolute Gasteiger partial charge is 0.309 e. The third kappa shape index (κ3) is 5.03. The lowest BCUT2D eigenvalue weighted by Crippen LogP contribution is -2.35. The molecular formula is C20H23N5S. The molecule has 0 saturated carbocycles. The average molecular weight is 366 g/mol. The highest BCUT2D eigenvalue weighted by atomic mass is 32.2. The molecule has 0 aliphatic carbocycles. The van der Waals surface area contributed by atoms with E-state index >= 15 is 0 Å². The van der Waals surface area contributed by atoms with Crippen LogP contribution in [-0.4, -0.2) is 32.3 Å². The number of nitrogens with one attached hydrogen (secondary N) is 1. The van der Waals surface area contributed by atoms with Crippen molar-refractivity contribution in [1.29, 1.82) is 0 Å². The molecule has 1 aromatic heterocycles. The monoisotopic (exact) mass is 365 g/mol. The molecule has 3 rings (SSSR count). The van der Waals surface area contributed by atoms with Gasteiger partial charge in [-0.3, -0.25) is 0 Å². The predicted molar refractivity (Wildman–Crippen MR) is 107 cm³/mol. The number of para-hydroxylation sites is 1. The van der Waals surface area contributed by atoms with Crippen molar-refractivity contribution in [2.24, 2.45) is 0 Å². The SMILES string of the molecule is CC(C)(C)NCC=C(Sc1nnnn1-c1ccccc1)c1ccccc1. The van der Waals surface area contributed by atoms with Gasteiger partial charge in [-0.15, -0.1) is 5.10 Å². The minimum absolute atomic E-state index is 0.0641. The zero-order valence-corrected chi connectivity index (χ0v) is 16.1. The van der Waals surface area contributed by atoms with Gasteiger partial charge in [0.1, 0.15) is 0 Å². The van der Waals surface area contributed by atoms with E-state index in [4.69, 9.17) is 0 Å². The van der Waals surface area contributed by atoms with Crippen LogP contribution in [0.3, 0.4) is 0 Å². The molecule has 1 heterocycles. The van der Waals surface area contributed by atoms with Crippen molar-refractivity contribution >= 4 is 16.7 Å². The molecule has 26 heavy (non-hydrogen) atoms. The van der Waals surface area contributed by atoms with Gasteiger partial charge in [0.05, 0.1) is 5.69 Å². The lowest BCUT2D eigenvalue weighted by molar-refractivity contribution is 0.450. The van der Waals surface area contributed by atoms with Crippen molar-refractivity contribution in [2.75, 3.05) is 6.54 Å². The van der Waals surface area contributed by atoms with Crippen LogP contribution in [-0.2, 0) is 0 Å². The Kier molecular flexibility index (Phi) is 5.85. The zero-order chi connectivity index (χ0) is 18.4. The summed E-state index contributed by atoms with van der Waals surface area (Å²) in [5, 5.41) is 16.5. The molecule has 0 unspecified atom stereocenters. The molecule has 0 atom stereocenters. The third-order valence-electron chi connectivity index (χ3n) is 3.62. The van der Waals surface area contributed by atoms with Crippen LogP contribution in [0, 0.1) is 0 Å². The lowest BCUT2D eigenvalue weighted by Gasteiger charge is -2.19. The number of tetrazole rings is 1. The van der Waals surface area contributed by atoms with Crippen LogP contribution in [0.25, 0.3) is 10.6 Å². The first-order valence-electron chi connectivity index (χ1n) is 8.55.